The lowest BCUT2D eigenvalue weighted by atomic mass is 10.3. The van der Waals surface area contributed by atoms with Crippen LogP contribution in [0, 0.1) is 5.92 Å². The van der Waals surface area contributed by atoms with E-state index in [2.05, 4.69) is 15.2 Å². The van der Waals surface area contributed by atoms with Crippen LogP contribution in [0.15, 0.2) is 11.7 Å². The van der Waals surface area contributed by atoms with Gasteiger partial charge in [-0.15, -0.1) is 21.5 Å². The van der Waals surface area contributed by atoms with Gasteiger partial charge >= 0.3 is 0 Å². The van der Waals surface area contributed by atoms with Crippen molar-refractivity contribution in [3.8, 4) is 0 Å². The van der Waals surface area contributed by atoms with E-state index in [4.69, 9.17) is 0 Å². The molecule has 0 spiro atoms. The highest BCUT2D eigenvalue weighted by Crippen LogP contribution is 2.33. The Morgan fingerprint density at radius 1 is 1.56 bits per heavy atom. The van der Waals surface area contributed by atoms with Gasteiger partial charge in [0.2, 0.25) is 5.13 Å². The van der Waals surface area contributed by atoms with Crippen molar-refractivity contribution in [2.24, 2.45) is 5.92 Å². The SMILES string of the molecule is CN(C(=O)c1cnc(CC2CC2)s1)c1nncs1. The molecule has 2 aromatic heterocycles. The van der Waals surface area contributed by atoms with E-state index in [1.165, 1.54) is 40.4 Å². The van der Waals surface area contributed by atoms with Crippen LogP contribution in [0.2, 0.25) is 0 Å². The molecule has 94 valence electrons. The summed E-state index contributed by atoms with van der Waals surface area (Å²) in [7, 11) is 1.71. The van der Waals surface area contributed by atoms with Crippen molar-refractivity contribution in [2.45, 2.75) is 19.3 Å². The quantitative estimate of drug-likeness (QED) is 0.861. The predicted molar refractivity (Wildman–Crippen MR) is 71.2 cm³/mol. The zero-order chi connectivity index (χ0) is 12.5. The monoisotopic (exact) mass is 280 g/mol. The minimum absolute atomic E-state index is 0.0636. The molecule has 0 aliphatic heterocycles. The maximum Gasteiger partial charge on any atom is 0.271 e. The molecule has 0 bridgehead atoms. The Morgan fingerprint density at radius 2 is 2.39 bits per heavy atom. The highest BCUT2D eigenvalue weighted by atomic mass is 32.1. The van der Waals surface area contributed by atoms with Crippen LogP contribution in [0.1, 0.15) is 27.5 Å². The average molecular weight is 280 g/mol. The van der Waals surface area contributed by atoms with Crippen molar-refractivity contribution in [3.63, 3.8) is 0 Å². The first-order valence-corrected chi connectivity index (χ1v) is 7.42. The number of aromatic nitrogens is 3. The molecule has 3 rings (SSSR count). The number of nitrogens with zero attached hydrogens (tertiary/aromatic N) is 4. The zero-order valence-electron chi connectivity index (χ0n) is 9.87. The van der Waals surface area contributed by atoms with E-state index in [1.54, 1.807) is 18.8 Å². The Morgan fingerprint density at radius 3 is 3.06 bits per heavy atom. The molecule has 1 fully saturated rings. The summed E-state index contributed by atoms with van der Waals surface area (Å²) < 4.78 is 0. The van der Waals surface area contributed by atoms with E-state index in [9.17, 15) is 4.79 Å². The molecule has 1 aliphatic rings. The molecular formula is C11H12N4OS2. The Balaban J connectivity index is 1.73. The molecule has 1 aliphatic carbocycles. The average Bonchev–Trinajstić information content (AvgIpc) is 2.85. The van der Waals surface area contributed by atoms with Crippen LogP contribution < -0.4 is 4.90 Å². The number of rotatable bonds is 4. The van der Waals surface area contributed by atoms with Crippen LogP contribution in [0.25, 0.3) is 0 Å². The lowest BCUT2D eigenvalue weighted by molar-refractivity contribution is 0.0996. The molecule has 5 nitrogen and oxygen atoms in total. The minimum atomic E-state index is -0.0636. The second-order valence-electron chi connectivity index (χ2n) is 4.35. The van der Waals surface area contributed by atoms with Crippen LogP contribution in [-0.2, 0) is 6.42 Å². The predicted octanol–water partition coefficient (Wildman–Crippen LogP) is 2.22. The van der Waals surface area contributed by atoms with Gasteiger partial charge < -0.3 is 0 Å². The lowest BCUT2D eigenvalue weighted by Gasteiger charge is -2.10. The van der Waals surface area contributed by atoms with Gasteiger partial charge in [-0.2, -0.15) is 0 Å². The van der Waals surface area contributed by atoms with Crippen molar-refractivity contribution < 1.29 is 4.79 Å². The molecule has 0 N–H and O–H groups in total. The van der Waals surface area contributed by atoms with Crippen LogP contribution in [0.3, 0.4) is 0 Å². The van der Waals surface area contributed by atoms with Crippen molar-refractivity contribution >= 4 is 33.7 Å². The van der Waals surface area contributed by atoms with Gasteiger partial charge in [-0.05, 0) is 18.8 Å². The first kappa shape index (κ1) is 11.7. The molecule has 0 unspecified atom stereocenters. The third kappa shape index (κ3) is 2.41. The topological polar surface area (TPSA) is 59.0 Å². The maximum atomic E-state index is 12.2. The maximum absolute atomic E-state index is 12.2. The minimum Gasteiger partial charge on any atom is -0.285 e. The second kappa shape index (κ2) is 4.74. The highest BCUT2D eigenvalue weighted by molar-refractivity contribution is 7.14. The number of carbonyl (C=O) groups is 1. The van der Waals surface area contributed by atoms with E-state index < -0.39 is 0 Å². The zero-order valence-corrected chi connectivity index (χ0v) is 11.5. The van der Waals surface area contributed by atoms with Crippen LogP contribution in [0.4, 0.5) is 5.13 Å². The van der Waals surface area contributed by atoms with Gasteiger partial charge in [0.15, 0.2) is 0 Å². The third-order valence-corrected chi connectivity index (χ3v) is 4.64. The molecule has 0 aromatic carbocycles. The summed E-state index contributed by atoms with van der Waals surface area (Å²) in [6.45, 7) is 0. The van der Waals surface area contributed by atoms with Gasteiger partial charge in [-0.25, -0.2) is 4.98 Å². The van der Waals surface area contributed by atoms with E-state index in [-0.39, 0.29) is 5.91 Å². The Bertz CT molecular complexity index is 547. The fourth-order valence-corrected chi connectivity index (χ4v) is 3.17. The number of hydrogen-bond acceptors (Lipinski definition) is 6. The molecule has 7 heteroatoms. The Hall–Kier alpha value is -1.34. The summed E-state index contributed by atoms with van der Waals surface area (Å²) in [5.74, 6) is 0.728. The molecule has 2 aromatic rings. The van der Waals surface area contributed by atoms with Crippen LogP contribution >= 0.6 is 22.7 Å². The van der Waals surface area contributed by atoms with Gasteiger partial charge in [0.05, 0.1) is 11.2 Å². The number of anilines is 1. The fourth-order valence-electron chi connectivity index (χ4n) is 1.64. The van der Waals surface area contributed by atoms with Crippen molar-refractivity contribution in [3.05, 3.63) is 21.6 Å². The molecule has 0 saturated heterocycles. The van der Waals surface area contributed by atoms with E-state index >= 15 is 0 Å². The van der Waals surface area contributed by atoms with E-state index in [1.807, 2.05) is 0 Å². The van der Waals surface area contributed by atoms with E-state index in [0.29, 0.717) is 10.0 Å². The Labute approximate surface area is 113 Å². The molecule has 0 radical (unpaired) electrons. The first-order valence-electron chi connectivity index (χ1n) is 5.73. The van der Waals surface area contributed by atoms with Gasteiger partial charge in [0.1, 0.15) is 10.4 Å². The number of thiazole rings is 1. The van der Waals surface area contributed by atoms with Gasteiger partial charge in [-0.1, -0.05) is 11.3 Å². The standard InChI is InChI=1S/C11H12N4OS2/c1-15(11-14-13-6-17-11)10(16)8-5-12-9(18-8)4-7-2-3-7/h5-7H,2-4H2,1H3. The van der Waals surface area contributed by atoms with E-state index in [0.717, 1.165) is 17.3 Å². The number of amides is 1. The molecule has 0 atom stereocenters. The molecule has 2 heterocycles. The summed E-state index contributed by atoms with van der Waals surface area (Å²) in [4.78, 5) is 18.7. The van der Waals surface area contributed by atoms with Crippen molar-refractivity contribution in [1.82, 2.24) is 15.2 Å². The van der Waals surface area contributed by atoms with Gasteiger partial charge in [0.25, 0.3) is 5.91 Å². The normalized spacial score (nSPS) is 14.7. The lowest BCUT2D eigenvalue weighted by Crippen LogP contribution is -2.25. The molecular weight excluding hydrogens is 268 g/mol. The molecule has 18 heavy (non-hydrogen) atoms. The summed E-state index contributed by atoms with van der Waals surface area (Å²) in [6.07, 6.45) is 5.28. The van der Waals surface area contributed by atoms with Crippen molar-refractivity contribution in [1.29, 1.82) is 0 Å². The largest absolute Gasteiger partial charge is 0.285 e. The molecule has 1 amide bonds. The van der Waals surface area contributed by atoms with Gasteiger partial charge in [0, 0.05) is 13.5 Å². The van der Waals surface area contributed by atoms with Gasteiger partial charge in [-0.3, -0.25) is 9.69 Å². The second-order valence-corrected chi connectivity index (χ2v) is 6.28. The van der Waals surface area contributed by atoms with Crippen molar-refractivity contribution in [2.75, 3.05) is 11.9 Å². The first-order chi connectivity index (χ1) is 8.74. The summed E-state index contributed by atoms with van der Waals surface area (Å²) in [5, 5.41) is 9.29. The number of carbonyl (C=O) groups excluding carboxylic acids is 1. The fraction of sp³-hybridized carbons (Fsp3) is 0.455. The number of hydrogen-bond donors (Lipinski definition) is 0. The smallest absolute Gasteiger partial charge is 0.271 e. The highest BCUT2D eigenvalue weighted by Gasteiger charge is 2.24. The molecule has 1 saturated carbocycles. The van der Waals surface area contributed by atoms with Crippen LogP contribution in [-0.4, -0.2) is 28.1 Å². The summed E-state index contributed by atoms with van der Waals surface area (Å²) in [5.41, 5.74) is 1.62. The third-order valence-electron chi connectivity index (χ3n) is 2.86. The van der Waals surface area contributed by atoms with Crippen LogP contribution in [0.5, 0.6) is 0 Å². The summed E-state index contributed by atoms with van der Waals surface area (Å²) in [6, 6.07) is 0. The Kier molecular flexibility index (Phi) is 3.09. The summed E-state index contributed by atoms with van der Waals surface area (Å²) >= 11 is 2.84.